The van der Waals surface area contributed by atoms with Crippen molar-refractivity contribution in [3.05, 3.63) is 11.6 Å². The molecule has 0 radical (unpaired) electrons. The lowest BCUT2D eigenvalue weighted by molar-refractivity contribution is 0.231. The van der Waals surface area contributed by atoms with Crippen LogP contribution in [0.15, 0.2) is 0 Å². The third-order valence-corrected chi connectivity index (χ3v) is 2.81. The number of nitrogens with zero attached hydrogens (tertiary/aromatic N) is 4. The molecule has 0 saturated carbocycles. The molecule has 1 aromatic rings. The topological polar surface area (TPSA) is 46.0 Å². The molecule has 0 aliphatic carbocycles. The van der Waals surface area contributed by atoms with Gasteiger partial charge in [-0.05, 0) is 26.4 Å². The number of aryl methyl sites for hydroxylation is 1. The number of nitrogens with one attached hydrogen (secondary N) is 1. The van der Waals surface area contributed by atoms with Gasteiger partial charge >= 0.3 is 0 Å². The Morgan fingerprint density at radius 3 is 2.41 bits per heavy atom. The Hall–Kier alpha value is -0.940. The Balaban J connectivity index is 2.40. The molecule has 0 aromatic carbocycles. The Bertz CT molecular complexity index is 354. The summed E-state index contributed by atoms with van der Waals surface area (Å²) in [6.07, 6.45) is 0. The van der Waals surface area contributed by atoms with Gasteiger partial charge in [0, 0.05) is 20.1 Å². The largest absolute Gasteiger partial charge is 0.317 e. The molecule has 98 valence electrons. The van der Waals surface area contributed by atoms with Crippen LogP contribution >= 0.6 is 0 Å². The van der Waals surface area contributed by atoms with Gasteiger partial charge in [0.2, 0.25) is 0 Å². The maximum atomic E-state index is 4.14. The minimum atomic E-state index is 0.261. The van der Waals surface area contributed by atoms with Crippen molar-refractivity contribution in [2.45, 2.75) is 27.3 Å². The van der Waals surface area contributed by atoms with E-state index in [1.807, 2.05) is 18.5 Å². The van der Waals surface area contributed by atoms with Crippen molar-refractivity contribution >= 4 is 0 Å². The van der Waals surface area contributed by atoms with Crippen LogP contribution in [-0.2, 0) is 13.6 Å². The molecule has 0 aliphatic rings. The lowest BCUT2D eigenvalue weighted by Crippen LogP contribution is -2.37. The molecule has 0 unspecified atom stereocenters. The van der Waals surface area contributed by atoms with Gasteiger partial charge < -0.3 is 14.8 Å². The average molecular weight is 239 g/mol. The van der Waals surface area contributed by atoms with Gasteiger partial charge in [-0.1, -0.05) is 13.8 Å². The lowest BCUT2D eigenvalue weighted by atomic mass is 9.93. The first-order chi connectivity index (χ1) is 7.82. The number of aromatic nitrogens is 3. The lowest BCUT2D eigenvalue weighted by Gasteiger charge is -2.28. The van der Waals surface area contributed by atoms with Crippen LogP contribution in [0, 0.1) is 12.3 Å². The standard InChI is InChI=1S/C12H25N5/c1-10-14-15-11(17(10)6)7-13-8-12(2,3)9-16(4)5/h13H,7-9H2,1-6H3. The first-order valence-corrected chi connectivity index (χ1v) is 6.02. The van der Waals surface area contributed by atoms with Gasteiger partial charge in [-0.25, -0.2) is 0 Å². The summed E-state index contributed by atoms with van der Waals surface area (Å²) in [7, 11) is 6.21. The fraction of sp³-hybridized carbons (Fsp3) is 0.833. The van der Waals surface area contributed by atoms with Crippen molar-refractivity contribution in [2.24, 2.45) is 12.5 Å². The van der Waals surface area contributed by atoms with E-state index in [0.717, 1.165) is 31.3 Å². The molecule has 0 aliphatic heterocycles. The average Bonchev–Trinajstić information content (AvgIpc) is 2.47. The quantitative estimate of drug-likeness (QED) is 0.797. The van der Waals surface area contributed by atoms with E-state index in [1.165, 1.54) is 0 Å². The second-order valence-electron chi connectivity index (χ2n) is 5.73. The second kappa shape index (κ2) is 5.60. The van der Waals surface area contributed by atoms with E-state index >= 15 is 0 Å². The summed E-state index contributed by atoms with van der Waals surface area (Å²) in [6.45, 7) is 9.31. The van der Waals surface area contributed by atoms with Crippen molar-refractivity contribution in [2.75, 3.05) is 27.2 Å². The van der Waals surface area contributed by atoms with E-state index < -0.39 is 0 Å². The maximum absolute atomic E-state index is 4.14. The first kappa shape index (κ1) is 14.1. The monoisotopic (exact) mass is 239 g/mol. The van der Waals surface area contributed by atoms with Crippen LogP contribution in [0.3, 0.4) is 0 Å². The zero-order valence-corrected chi connectivity index (χ0v) is 11.9. The van der Waals surface area contributed by atoms with Crippen molar-refractivity contribution in [3.63, 3.8) is 0 Å². The number of hydrogen-bond donors (Lipinski definition) is 1. The summed E-state index contributed by atoms with van der Waals surface area (Å²) in [5.41, 5.74) is 0.261. The SMILES string of the molecule is Cc1nnc(CNCC(C)(C)CN(C)C)n1C. The molecule has 5 nitrogen and oxygen atoms in total. The fourth-order valence-electron chi connectivity index (χ4n) is 2.03. The maximum Gasteiger partial charge on any atom is 0.146 e. The van der Waals surface area contributed by atoms with Crippen LogP contribution in [0.2, 0.25) is 0 Å². The highest BCUT2D eigenvalue weighted by Crippen LogP contribution is 2.14. The third kappa shape index (κ3) is 4.44. The van der Waals surface area contributed by atoms with Crippen LogP contribution in [0.1, 0.15) is 25.5 Å². The number of hydrogen-bond acceptors (Lipinski definition) is 4. The highest BCUT2D eigenvalue weighted by atomic mass is 15.3. The Morgan fingerprint density at radius 1 is 1.29 bits per heavy atom. The van der Waals surface area contributed by atoms with Crippen LogP contribution in [0.5, 0.6) is 0 Å². The number of rotatable bonds is 6. The van der Waals surface area contributed by atoms with Crippen LogP contribution < -0.4 is 5.32 Å². The Labute approximate surface area is 104 Å². The molecular formula is C12H25N5. The molecule has 1 aromatic heterocycles. The van der Waals surface area contributed by atoms with E-state index in [2.05, 4.69) is 48.4 Å². The molecule has 0 amide bonds. The molecule has 0 spiro atoms. The predicted octanol–water partition coefficient (Wildman–Crippen LogP) is 0.801. The summed E-state index contributed by atoms with van der Waals surface area (Å²) < 4.78 is 2.02. The Kier molecular flexibility index (Phi) is 4.65. The van der Waals surface area contributed by atoms with Crippen LogP contribution in [0.4, 0.5) is 0 Å². The molecule has 5 heteroatoms. The highest BCUT2D eigenvalue weighted by molar-refractivity contribution is 4.92. The molecule has 17 heavy (non-hydrogen) atoms. The third-order valence-electron chi connectivity index (χ3n) is 2.81. The summed E-state index contributed by atoms with van der Waals surface area (Å²) in [6, 6.07) is 0. The van der Waals surface area contributed by atoms with Gasteiger partial charge in [-0.15, -0.1) is 10.2 Å². The smallest absolute Gasteiger partial charge is 0.146 e. The fourth-order valence-corrected chi connectivity index (χ4v) is 2.03. The zero-order valence-electron chi connectivity index (χ0n) is 11.9. The summed E-state index contributed by atoms with van der Waals surface area (Å²) in [5, 5.41) is 11.6. The van der Waals surface area contributed by atoms with Gasteiger partial charge in [0.15, 0.2) is 0 Å². The van der Waals surface area contributed by atoms with Gasteiger partial charge in [-0.2, -0.15) is 0 Å². The van der Waals surface area contributed by atoms with Gasteiger partial charge in [0.1, 0.15) is 11.6 Å². The zero-order chi connectivity index (χ0) is 13.1. The van der Waals surface area contributed by atoms with Gasteiger partial charge in [-0.3, -0.25) is 0 Å². The van der Waals surface area contributed by atoms with Crippen molar-refractivity contribution < 1.29 is 0 Å². The molecule has 1 N–H and O–H groups in total. The van der Waals surface area contributed by atoms with Crippen LogP contribution in [-0.4, -0.2) is 46.8 Å². The Morgan fingerprint density at radius 2 is 1.94 bits per heavy atom. The molecule has 0 saturated heterocycles. The second-order valence-corrected chi connectivity index (χ2v) is 5.73. The first-order valence-electron chi connectivity index (χ1n) is 6.02. The van der Waals surface area contributed by atoms with E-state index in [9.17, 15) is 0 Å². The normalized spacial score (nSPS) is 12.4. The van der Waals surface area contributed by atoms with Crippen molar-refractivity contribution in [1.82, 2.24) is 25.0 Å². The highest BCUT2D eigenvalue weighted by Gasteiger charge is 2.18. The van der Waals surface area contributed by atoms with Crippen LogP contribution in [0.25, 0.3) is 0 Å². The summed E-state index contributed by atoms with van der Waals surface area (Å²) >= 11 is 0. The molecular weight excluding hydrogens is 214 g/mol. The molecule has 0 bridgehead atoms. The van der Waals surface area contributed by atoms with E-state index in [4.69, 9.17) is 0 Å². The van der Waals surface area contributed by atoms with Crippen molar-refractivity contribution in [3.8, 4) is 0 Å². The minimum Gasteiger partial charge on any atom is -0.317 e. The predicted molar refractivity (Wildman–Crippen MR) is 69.8 cm³/mol. The van der Waals surface area contributed by atoms with Gasteiger partial charge in [0.25, 0.3) is 0 Å². The van der Waals surface area contributed by atoms with E-state index in [0.29, 0.717) is 0 Å². The molecule has 1 heterocycles. The molecule has 0 atom stereocenters. The molecule has 1 rings (SSSR count). The van der Waals surface area contributed by atoms with E-state index in [-0.39, 0.29) is 5.41 Å². The molecule has 0 fully saturated rings. The minimum absolute atomic E-state index is 0.261. The summed E-state index contributed by atoms with van der Waals surface area (Å²) in [4.78, 5) is 2.22. The summed E-state index contributed by atoms with van der Waals surface area (Å²) in [5.74, 6) is 1.94. The van der Waals surface area contributed by atoms with Crippen molar-refractivity contribution in [1.29, 1.82) is 0 Å². The van der Waals surface area contributed by atoms with E-state index in [1.54, 1.807) is 0 Å². The van der Waals surface area contributed by atoms with Gasteiger partial charge in [0.05, 0.1) is 6.54 Å².